The smallest absolute Gasteiger partial charge is 1.00 e. The van der Waals surface area contributed by atoms with Gasteiger partial charge in [0.1, 0.15) is 29.3 Å². The number of nitrogens with two attached hydrogens (primary N) is 1. The summed E-state index contributed by atoms with van der Waals surface area (Å²) in [6, 6.07) is 12.4. The number of nitrogens with zero attached hydrogens (tertiary/aromatic N) is 5. The molecule has 0 aromatic heterocycles. The second-order valence-electron chi connectivity index (χ2n) is 31.3. The average molecular weight is 1760 g/mol. The molecule has 121 heavy (non-hydrogen) atoms. The molecule has 6 saturated heterocycles. The number of rotatable bonds is 30. The summed E-state index contributed by atoms with van der Waals surface area (Å²) in [6.45, 7) is 23.1. The van der Waals surface area contributed by atoms with Crippen molar-refractivity contribution in [1.82, 2.24) is 56.4 Å². The maximum Gasteiger partial charge on any atom is 1.00 e. The first kappa shape index (κ1) is 102. The molecule has 40 heteroatoms. The zero-order chi connectivity index (χ0) is 85.4. The number of amides is 14. The van der Waals surface area contributed by atoms with Crippen LogP contribution in [0.4, 0.5) is 9.59 Å². The van der Waals surface area contributed by atoms with Crippen LogP contribution in [0, 0.1) is 0 Å². The van der Waals surface area contributed by atoms with E-state index < -0.39 is 117 Å². The van der Waals surface area contributed by atoms with Crippen molar-refractivity contribution in [2.24, 2.45) is 5.73 Å². The summed E-state index contributed by atoms with van der Waals surface area (Å²) in [7, 11) is -3.50. The molecule has 12 rings (SSSR count). The molecule has 0 saturated carbocycles. The van der Waals surface area contributed by atoms with Crippen molar-refractivity contribution in [2.45, 2.75) is 174 Å². The number of hydrogen-bond donors (Lipinski definition) is 7. The van der Waals surface area contributed by atoms with Crippen molar-refractivity contribution in [3.8, 4) is 0 Å². The monoisotopic (exact) mass is 1760 g/mol. The molecular weight excluding hydrogens is 1650 g/mol. The van der Waals surface area contributed by atoms with Crippen LogP contribution < -0.4 is 89.0 Å². The van der Waals surface area contributed by atoms with Gasteiger partial charge < -0.3 is 61.0 Å². The molecule has 664 valence electrons. The third-order valence-electron chi connectivity index (χ3n) is 20.0. The number of alkyl carbamates (subject to hydrolysis) is 2. The number of benzene rings is 3. The van der Waals surface area contributed by atoms with Gasteiger partial charge in [0.2, 0.25) is 35.4 Å². The second kappa shape index (κ2) is 48.7. The molecule has 14 amide bonds. The number of imide groups is 6. The van der Waals surface area contributed by atoms with Gasteiger partial charge in [-0.05, 0) is 134 Å². The van der Waals surface area contributed by atoms with Crippen molar-refractivity contribution >= 4 is 106 Å². The van der Waals surface area contributed by atoms with Crippen LogP contribution in [0.25, 0.3) is 0 Å². The van der Waals surface area contributed by atoms with Gasteiger partial charge in [0.25, 0.3) is 45.6 Å². The fraction of sp³-hybridized carbons (Fsp3) is 0.605. The van der Waals surface area contributed by atoms with E-state index in [0.717, 1.165) is 77.9 Å². The van der Waals surface area contributed by atoms with Crippen LogP contribution in [0.1, 0.15) is 187 Å². The molecule has 3 unspecified atom stereocenters. The van der Waals surface area contributed by atoms with Gasteiger partial charge in [-0.3, -0.25) is 102 Å². The first-order valence-corrected chi connectivity index (χ1v) is 41.7. The summed E-state index contributed by atoms with van der Waals surface area (Å²) in [5, 5.41) is 15.2. The molecule has 37 nitrogen and oxygen atoms in total. The number of aryl methyl sites for hydroxylation is 3. The maximum atomic E-state index is 13.2. The van der Waals surface area contributed by atoms with E-state index in [-0.39, 0.29) is 165 Å². The van der Waals surface area contributed by atoms with E-state index in [9.17, 15) is 75.5 Å². The predicted octanol–water partition coefficient (Wildman–Crippen LogP) is -0.354. The fourth-order valence-corrected chi connectivity index (χ4v) is 14.8. The van der Waals surface area contributed by atoms with Gasteiger partial charge in [-0.2, -0.15) is 8.42 Å². The molecule has 8 N–H and O–H groups in total. The van der Waals surface area contributed by atoms with Gasteiger partial charge in [-0.25, -0.2) is 9.59 Å². The van der Waals surface area contributed by atoms with E-state index in [1.165, 1.54) is 0 Å². The Morgan fingerprint density at radius 3 is 1.21 bits per heavy atom. The standard InChI is InChI=1S/C28H38N4O8.C23H30N4O6.C19H22N2O8S.C10H20N2O3.CH4.ClH.K.H/c1-28(2,3)40-27(37)29-16-19-17-31(12-15-39-19)11-14-38-13-5-7-18-6-4-8-20-23(18)26(36)32(25(20)35)21-9-10-22(33)30-24(21)34;24-13-16-14-26(9-12-33-16)8-11-32-10-2-4-15-3-1-5-17-20(15)23(31)27(22(17)30)18-6-7-19(28)25-21(18)29;1-30(26,27)29-11-10-28-9-3-5-12-4-2-6-13-16(12)19(25)21(18(13)24)14-7-8-15(22)20-17(14)23;1-10(2,3)15-9(13)12-7-8-6-11-4-5-14-8;;;;/h4,6,8,19,21H,5,7,9-17H2,1-3H3,(H,29,37)(H,30,33,34);1,3,5,16,18H,2,4,6-14,24H2,(H,25,28,29);2,4,6,14H,3,5,7-11H2,1H3,(H,20,22,23);8,11H,4-7H2,1-3H3,(H,12,13);1H4;1H;;/q;;;;;;+1;-1/t19-,21?;16-,18?;;8-;;;;/m00.1..../s1. The van der Waals surface area contributed by atoms with Crippen LogP contribution in [0.2, 0.25) is 0 Å². The summed E-state index contributed by atoms with van der Waals surface area (Å²) in [4.78, 5) is 179. The van der Waals surface area contributed by atoms with Crippen LogP contribution in [-0.4, -0.2) is 308 Å². The summed E-state index contributed by atoms with van der Waals surface area (Å²) in [5.41, 5.74) is 8.64. The van der Waals surface area contributed by atoms with E-state index in [4.69, 9.17) is 43.6 Å². The Hall–Kier alpha value is -7.52. The summed E-state index contributed by atoms with van der Waals surface area (Å²) >= 11 is 0. The summed E-state index contributed by atoms with van der Waals surface area (Å²) in [6.07, 6.45) is 4.22. The average Bonchev–Trinajstić information content (AvgIpc) is 1.62. The van der Waals surface area contributed by atoms with E-state index >= 15 is 0 Å². The maximum absolute atomic E-state index is 13.2. The first-order chi connectivity index (χ1) is 56.2. The van der Waals surface area contributed by atoms with E-state index in [0.29, 0.717) is 140 Å². The number of ether oxygens (including phenoxy) is 8. The van der Waals surface area contributed by atoms with Crippen LogP contribution >= 0.6 is 12.4 Å². The summed E-state index contributed by atoms with van der Waals surface area (Å²) < 4.78 is 70.3. The number of morpholine rings is 3. The Balaban J connectivity index is 0.000000298. The van der Waals surface area contributed by atoms with Crippen molar-refractivity contribution in [2.75, 3.05) is 144 Å². The Morgan fingerprint density at radius 1 is 0.504 bits per heavy atom. The van der Waals surface area contributed by atoms with Crippen molar-refractivity contribution in [1.29, 1.82) is 0 Å². The molecule has 9 heterocycles. The number of carbonyl (C=O) groups excluding carboxylic acids is 14. The number of fused-ring (bicyclic) bond motifs is 3. The van der Waals surface area contributed by atoms with Gasteiger partial charge >= 0.3 is 63.6 Å². The van der Waals surface area contributed by atoms with Gasteiger partial charge in [0.05, 0.1) is 104 Å². The number of hydrogen-bond acceptors (Lipinski definition) is 29. The van der Waals surface area contributed by atoms with Crippen LogP contribution in [0.5, 0.6) is 0 Å². The quantitative estimate of drug-likeness (QED) is 0.0194. The topological polar surface area (TPSA) is 471 Å². The minimum atomic E-state index is -3.50. The molecule has 9 aliphatic heterocycles. The molecule has 9 aliphatic rings. The molecule has 6 fully saturated rings. The zero-order valence-electron chi connectivity index (χ0n) is 70.3. The normalized spacial score (nSPS) is 21.2. The first-order valence-electron chi connectivity index (χ1n) is 39.9. The summed E-state index contributed by atoms with van der Waals surface area (Å²) in [5.74, 6) is -6.10. The predicted molar refractivity (Wildman–Crippen MR) is 435 cm³/mol. The van der Waals surface area contributed by atoms with Crippen molar-refractivity contribution in [3.63, 3.8) is 0 Å². The molecule has 6 atom stereocenters. The molecule has 3 aromatic carbocycles. The van der Waals surface area contributed by atoms with E-state index in [2.05, 4.69) is 45.9 Å². The van der Waals surface area contributed by atoms with Gasteiger partial charge in [0.15, 0.2) is 0 Å². The molecule has 0 radical (unpaired) electrons. The minimum absolute atomic E-state index is 0. The number of piperidine rings is 3. The zero-order valence-corrected chi connectivity index (χ0v) is 74.1. The van der Waals surface area contributed by atoms with Crippen LogP contribution in [0.15, 0.2) is 54.6 Å². The SMILES string of the molecule is C.CC(C)(C)OC(=O)NC[C@H]1CN(CCOCCCc2cccc3c2C(=O)N(C2CCC(=O)NC2=O)C3=O)CCO1.CC(C)(C)OC(=O)NC[C@H]1CNCCO1.CS(=O)(=O)OCCOCCCc1cccc2c1C(=O)N(C1CCC(=O)NC1=O)C2=O.Cl.NC[C@H]1CN(CCOCCCc2cccc3c2C(=O)N(C2CCC(=O)NC2=O)C3=O)CCO1.[H-].[K+]. The van der Waals surface area contributed by atoms with E-state index in [1.807, 2.05) is 53.7 Å². The molecule has 0 spiro atoms. The van der Waals surface area contributed by atoms with Gasteiger partial charge in [-0.1, -0.05) is 43.8 Å². The Bertz CT molecular complexity index is 4300. The van der Waals surface area contributed by atoms with Crippen molar-refractivity contribution < 1.29 is 170 Å². The second-order valence-corrected chi connectivity index (χ2v) is 33.0. The third kappa shape index (κ3) is 30.4. The molecular formula is C81H116ClKN12O25S. The van der Waals surface area contributed by atoms with Crippen LogP contribution in [0.3, 0.4) is 0 Å². The Labute approximate surface area is 755 Å². The van der Waals surface area contributed by atoms with E-state index in [1.54, 1.807) is 42.5 Å². The van der Waals surface area contributed by atoms with Crippen molar-refractivity contribution in [3.05, 3.63) is 105 Å². The molecule has 3 aromatic rings. The number of nitrogens with one attached hydrogen (secondary N) is 6. The fourth-order valence-electron chi connectivity index (χ4n) is 14.4. The number of halogens is 1. The molecule has 0 aliphatic carbocycles. The van der Waals surface area contributed by atoms with Gasteiger partial charge in [0, 0.05) is 111 Å². The Kier molecular flexibility index (Phi) is 41.1. The van der Waals surface area contributed by atoms with Crippen LogP contribution in [-0.2, 0) is 100 Å². The van der Waals surface area contributed by atoms with Gasteiger partial charge in [-0.15, -0.1) is 12.4 Å². The Morgan fingerprint density at radius 2 is 0.860 bits per heavy atom. The third-order valence-corrected chi connectivity index (χ3v) is 20.6. The largest absolute Gasteiger partial charge is 1.00 e. The molecule has 0 bridgehead atoms. The number of carbonyl (C=O) groups is 14. The minimum Gasteiger partial charge on any atom is -1.00 e.